The van der Waals surface area contributed by atoms with Crippen molar-refractivity contribution >= 4 is 12.1 Å². The minimum atomic E-state index is -0.345. The molecule has 0 spiro atoms. The number of carbonyl (C=O) groups excluding carboxylic acids is 2. The van der Waals surface area contributed by atoms with E-state index in [0.717, 1.165) is 18.4 Å². The average Bonchev–Trinajstić information content (AvgIpc) is 2.68. The third kappa shape index (κ3) is 4.08. The molecule has 4 aliphatic carbocycles. The zero-order valence-electron chi connectivity index (χ0n) is 16.5. The number of nitrogens with one attached hydrogen (secondary N) is 1. The molecule has 0 saturated heterocycles. The topological polar surface area (TPSA) is 64.6 Å². The second kappa shape index (κ2) is 7.98. The van der Waals surface area contributed by atoms with E-state index in [2.05, 4.69) is 5.32 Å². The third-order valence-electron chi connectivity index (χ3n) is 6.65. The van der Waals surface area contributed by atoms with Gasteiger partial charge in [-0.25, -0.2) is 9.59 Å². The number of allylic oxidation sites excluding steroid dienone is 1. The smallest absolute Gasteiger partial charge is 0.407 e. The monoisotopic (exact) mass is 383 g/mol. The second-order valence-electron chi connectivity index (χ2n) is 8.66. The molecular formula is C23H29NO4. The quantitative estimate of drug-likeness (QED) is 0.590. The van der Waals surface area contributed by atoms with Crippen LogP contribution in [0.15, 0.2) is 42.0 Å². The summed E-state index contributed by atoms with van der Waals surface area (Å²) in [6.07, 6.45) is 7.01. The van der Waals surface area contributed by atoms with Crippen LogP contribution in [0.5, 0.6) is 0 Å². The molecule has 5 heteroatoms. The lowest BCUT2D eigenvalue weighted by Crippen LogP contribution is -2.52. The van der Waals surface area contributed by atoms with Crippen molar-refractivity contribution in [2.45, 2.75) is 45.6 Å². The van der Waals surface area contributed by atoms with Crippen molar-refractivity contribution in [1.29, 1.82) is 0 Å². The molecule has 1 amide bonds. The van der Waals surface area contributed by atoms with Gasteiger partial charge in [0.05, 0.1) is 6.61 Å². The van der Waals surface area contributed by atoms with Crippen LogP contribution in [0.3, 0.4) is 0 Å². The summed E-state index contributed by atoms with van der Waals surface area (Å²) in [6, 6.07) is 9.72. The predicted octanol–water partition coefficient (Wildman–Crippen LogP) is 4.23. The maximum Gasteiger partial charge on any atom is 0.407 e. The van der Waals surface area contributed by atoms with E-state index >= 15 is 0 Å². The van der Waals surface area contributed by atoms with Crippen LogP contribution >= 0.6 is 0 Å². The first kappa shape index (κ1) is 19.0. The predicted molar refractivity (Wildman–Crippen MR) is 105 cm³/mol. The molecule has 0 aliphatic heterocycles. The minimum Gasteiger partial charge on any atom is -0.463 e. The normalized spacial score (nSPS) is 31.6. The number of ether oxygens (including phenoxy) is 2. The van der Waals surface area contributed by atoms with E-state index in [9.17, 15) is 9.59 Å². The summed E-state index contributed by atoms with van der Waals surface area (Å²) in [5.41, 5.74) is 2.42. The van der Waals surface area contributed by atoms with E-state index in [1.165, 1.54) is 24.8 Å². The SMILES string of the molecule is CCOC(=O)C=C1C2CC3C[C@@H]1CC(CNC(=O)OCc1ccccc1)(C3)C2. The van der Waals surface area contributed by atoms with Crippen molar-refractivity contribution in [2.75, 3.05) is 13.2 Å². The summed E-state index contributed by atoms with van der Waals surface area (Å²) in [7, 11) is 0. The molecule has 0 heterocycles. The van der Waals surface area contributed by atoms with Crippen molar-refractivity contribution in [3.05, 3.63) is 47.5 Å². The van der Waals surface area contributed by atoms with Gasteiger partial charge < -0.3 is 14.8 Å². The largest absolute Gasteiger partial charge is 0.463 e. The van der Waals surface area contributed by atoms with Crippen LogP contribution in [0.25, 0.3) is 0 Å². The van der Waals surface area contributed by atoms with Gasteiger partial charge in [0.2, 0.25) is 0 Å². The summed E-state index contributed by atoms with van der Waals surface area (Å²) in [6.45, 7) is 3.21. The molecule has 5 rings (SSSR count). The van der Waals surface area contributed by atoms with E-state index in [1.807, 2.05) is 37.3 Å². The average molecular weight is 383 g/mol. The van der Waals surface area contributed by atoms with Crippen LogP contribution in [0.4, 0.5) is 4.79 Å². The Kier molecular flexibility index (Phi) is 5.42. The van der Waals surface area contributed by atoms with Crippen LogP contribution < -0.4 is 5.32 Å². The molecule has 1 aromatic carbocycles. The molecule has 150 valence electrons. The molecule has 4 fully saturated rings. The molecule has 28 heavy (non-hydrogen) atoms. The summed E-state index contributed by atoms with van der Waals surface area (Å²) < 4.78 is 10.5. The van der Waals surface area contributed by atoms with Crippen LogP contribution in [0.2, 0.25) is 0 Å². The number of amides is 1. The fraction of sp³-hybridized carbons (Fsp3) is 0.565. The molecule has 0 radical (unpaired) electrons. The zero-order chi connectivity index (χ0) is 19.6. The number of alkyl carbamates (subject to hydrolysis) is 1. The van der Waals surface area contributed by atoms with Crippen LogP contribution in [-0.4, -0.2) is 25.2 Å². The Bertz CT molecular complexity index is 739. The molecule has 4 saturated carbocycles. The highest BCUT2D eigenvalue weighted by Gasteiger charge is 2.53. The van der Waals surface area contributed by atoms with E-state index in [-0.39, 0.29) is 17.5 Å². The Labute approximate surface area is 166 Å². The standard InChI is InChI=1S/C23H29NO4/c1-2-27-21(25)10-20-18-8-17-9-19(20)13-23(11-17,12-18)15-24-22(26)28-14-16-6-4-3-5-7-16/h3-7,10,17-19H,2,8-9,11-15H2,1H3,(H,24,26)/t17?,18-,19?,23?/m1/s1. The van der Waals surface area contributed by atoms with E-state index in [1.54, 1.807) is 6.08 Å². The maximum atomic E-state index is 12.2. The van der Waals surface area contributed by atoms with Gasteiger partial charge in [0.1, 0.15) is 6.61 Å². The fourth-order valence-corrected chi connectivity index (χ4v) is 5.79. The summed E-state index contributed by atoms with van der Waals surface area (Å²) in [5.74, 6) is 1.41. The van der Waals surface area contributed by atoms with Crippen molar-refractivity contribution in [2.24, 2.45) is 23.2 Å². The number of carbonyl (C=O) groups is 2. The minimum absolute atomic E-state index is 0.147. The van der Waals surface area contributed by atoms with Gasteiger partial charge in [0.25, 0.3) is 0 Å². The van der Waals surface area contributed by atoms with Gasteiger partial charge in [-0.05, 0) is 67.8 Å². The van der Waals surface area contributed by atoms with Gasteiger partial charge in [-0.1, -0.05) is 35.9 Å². The van der Waals surface area contributed by atoms with Crippen molar-refractivity contribution < 1.29 is 19.1 Å². The highest BCUT2D eigenvalue weighted by Crippen LogP contribution is 2.61. The maximum absolute atomic E-state index is 12.2. The molecule has 1 aromatic rings. The number of benzene rings is 1. The van der Waals surface area contributed by atoms with E-state index < -0.39 is 0 Å². The van der Waals surface area contributed by atoms with E-state index in [4.69, 9.17) is 9.47 Å². The van der Waals surface area contributed by atoms with Crippen molar-refractivity contribution in [3.8, 4) is 0 Å². The molecule has 4 bridgehead atoms. The van der Waals surface area contributed by atoms with Gasteiger partial charge in [0, 0.05) is 12.6 Å². The van der Waals surface area contributed by atoms with Crippen LogP contribution in [0.1, 0.15) is 44.6 Å². The summed E-state index contributed by atoms with van der Waals surface area (Å²) in [5, 5.41) is 3.01. The molecule has 1 N–H and O–H groups in total. The third-order valence-corrected chi connectivity index (χ3v) is 6.65. The first-order valence-electron chi connectivity index (χ1n) is 10.4. The first-order chi connectivity index (χ1) is 13.6. The lowest BCUT2D eigenvalue weighted by molar-refractivity contribution is -0.137. The Morgan fingerprint density at radius 1 is 1.11 bits per heavy atom. The lowest BCUT2D eigenvalue weighted by Gasteiger charge is -2.58. The second-order valence-corrected chi connectivity index (χ2v) is 8.66. The highest BCUT2D eigenvalue weighted by atomic mass is 16.5. The Balaban J connectivity index is 1.34. The number of hydrogen-bond acceptors (Lipinski definition) is 4. The molecular weight excluding hydrogens is 354 g/mol. The van der Waals surface area contributed by atoms with Gasteiger partial charge in [-0.3, -0.25) is 0 Å². The highest BCUT2D eigenvalue weighted by molar-refractivity contribution is 5.83. The van der Waals surface area contributed by atoms with Gasteiger partial charge in [-0.15, -0.1) is 0 Å². The Morgan fingerprint density at radius 3 is 2.50 bits per heavy atom. The number of rotatable bonds is 6. The number of esters is 1. The van der Waals surface area contributed by atoms with Crippen molar-refractivity contribution in [1.82, 2.24) is 5.32 Å². The van der Waals surface area contributed by atoms with Gasteiger partial charge >= 0.3 is 12.1 Å². The van der Waals surface area contributed by atoms with Crippen LogP contribution in [0, 0.1) is 23.2 Å². The Hall–Kier alpha value is -2.30. The first-order valence-corrected chi connectivity index (χ1v) is 10.4. The molecule has 4 aliphatic rings. The molecule has 4 atom stereocenters. The fourth-order valence-electron chi connectivity index (χ4n) is 5.79. The zero-order valence-corrected chi connectivity index (χ0v) is 16.5. The van der Waals surface area contributed by atoms with Crippen molar-refractivity contribution in [3.63, 3.8) is 0 Å². The van der Waals surface area contributed by atoms with Crippen LogP contribution in [-0.2, 0) is 20.9 Å². The van der Waals surface area contributed by atoms with E-state index in [0.29, 0.717) is 37.5 Å². The summed E-state index contributed by atoms with van der Waals surface area (Å²) >= 11 is 0. The lowest BCUT2D eigenvalue weighted by atomic mass is 9.48. The Morgan fingerprint density at radius 2 is 1.82 bits per heavy atom. The number of hydrogen-bond donors (Lipinski definition) is 1. The molecule has 5 nitrogen and oxygen atoms in total. The molecule has 0 aromatic heterocycles. The van der Waals surface area contributed by atoms with Gasteiger partial charge in [-0.2, -0.15) is 0 Å². The summed E-state index contributed by atoms with van der Waals surface area (Å²) in [4.78, 5) is 24.1. The van der Waals surface area contributed by atoms with Gasteiger partial charge in [0.15, 0.2) is 0 Å². The molecule has 3 unspecified atom stereocenters.